The first-order valence-corrected chi connectivity index (χ1v) is 12.8. The van der Waals surface area contributed by atoms with Gasteiger partial charge in [-0.15, -0.1) is 0 Å². The Morgan fingerprint density at radius 1 is 1.05 bits per heavy atom. The van der Waals surface area contributed by atoms with Gasteiger partial charge in [-0.25, -0.2) is 9.78 Å². The Kier molecular flexibility index (Phi) is 8.46. The quantitative estimate of drug-likeness (QED) is 0.268. The number of aromatic hydroxyl groups is 1. The predicted octanol–water partition coefficient (Wildman–Crippen LogP) is 4.85. The maximum absolute atomic E-state index is 13.9. The van der Waals surface area contributed by atoms with Crippen molar-refractivity contribution in [1.29, 1.82) is 0 Å². The number of nitrogens with zero attached hydrogens (tertiary/aromatic N) is 2. The summed E-state index contributed by atoms with van der Waals surface area (Å²) in [7, 11) is 1.34. The maximum atomic E-state index is 13.9. The van der Waals surface area contributed by atoms with E-state index in [1.165, 1.54) is 7.11 Å². The van der Waals surface area contributed by atoms with Gasteiger partial charge in [-0.2, -0.15) is 0 Å². The highest BCUT2D eigenvalue weighted by molar-refractivity contribution is 5.89. The van der Waals surface area contributed by atoms with Gasteiger partial charge in [0.1, 0.15) is 11.6 Å². The van der Waals surface area contributed by atoms with E-state index in [0.717, 1.165) is 33.5 Å². The molecular formula is C31H34N4O4. The van der Waals surface area contributed by atoms with Crippen LogP contribution in [0.15, 0.2) is 72.9 Å². The highest BCUT2D eigenvalue weighted by Crippen LogP contribution is 2.27. The Bertz CT molecular complexity index is 1420. The number of carbonyl (C=O) groups is 2. The van der Waals surface area contributed by atoms with Crippen LogP contribution in [-0.2, 0) is 22.5 Å². The van der Waals surface area contributed by atoms with E-state index in [9.17, 15) is 14.7 Å². The molecule has 0 bridgehead atoms. The van der Waals surface area contributed by atoms with Crippen molar-refractivity contribution in [3.63, 3.8) is 0 Å². The van der Waals surface area contributed by atoms with Crippen LogP contribution >= 0.6 is 0 Å². The van der Waals surface area contributed by atoms with Crippen molar-refractivity contribution in [3.8, 4) is 17.0 Å². The molecular weight excluding hydrogens is 492 g/mol. The third-order valence-corrected chi connectivity index (χ3v) is 6.96. The third kappa shape index (κ3) is 6.35. The van der Waals surface area contributed by atoms with Gasteiger partial charge >= 0.3 is 5.97 Å². The molecule has 3 aromatic carbocycles. The summed E-state index contributed by atoms with van der Waals surface area (Å²) in [5.74, 6) is 0.168. The zero-order chi connectivity index (χ0) is 28.1. The lowest BCUT2D eigenvalue weighted by Gasteiger charge is -2.31. The Morgan fingerprint density at radius 3 is 2.31 bits per heavy atom. The van der Waals surface area contributed by atoms with Crippen LogP contribution in [-0.4, -0.2) is 45.0 Å². The molecule has 0 aliphatic rings. The monoisotopic (exact) mass is 526 g/mol. The summed E-state index contributed by atoms with van der Waals surface area (Å²) in [6.45, 7) is 5.98. The van der Waals surface area contributed by atoms with E-state index in [1.807, 2.05) is 57.3 Å². The number of nitrogens with two attached hydrogens (primary N) is 1. The van der Waals surface area contributed by atoms with Gasteiger partial charge in [0.2, 0.25) is 5.91 Å². The van der Waals surface area contributed by atoms with E-state index >= 15 is 0 Å². The molecule has 0 radical (unpaired) electrons. The Morgan fingerprint density at radius 2 is 1.69 bits per heavy atom. The number of phenolic OH excluding ortho intramolecular Hbond substituents is 1. The SMILES string of the molecule is COC(=O)c1ccc(CN(C(=O)C(N)Cc2c(C)cc(O)cc2C)C(C)c2nc(-c3ccccc3)c[nH]2)cc1. The Hall–Kier alpha value is -4.43. The molecule has 39 heavy (non-hydrogen) atoms. The summed E-state index contributed by atoms with van der Waals surface area (Å²) in [6.07, 6.45) is 2.16. The Balaban J connectivity index is 1.63. The molecule has 8 heteroatoms. The summed E-state index contributed by atoms with van der Waals surface area (Å²) in [5.41, 5.74) is 12.3. The standard InChI is InChI=1S/C31H34N4O4/c1-19-14-25(36)15-20(2)26(19)16-27(32)30(37)35(18-22-10-12-24(13-11-22)31(38)39-4)21(3)29-33-17-28(34-29)23-8-6-5-7-9-23/h5-15,17,21,27,36H,16,18,32H2,1-4H3,(H,33,34). The number of imidazole rings is 1. The highest BCUT2D eigenvalue weighted by Gasteiger charge is 2.29. The number of esters is 1. The van der Waals surface area contributed by atoms with Crippen molar-refractivity contribution in [2.75, 3.05) is 7.11 Å². The van der Waals surface area contributed by atoms with Crippen molar-refractivity contribution >= 4 is 11.9 Å². The fraction of sp³-hybridized carbons (Fsp3) is 0.258. The number of aromatic amines is 1. The van der Waals surface area contributed by atoms with Gasteiger partial charge < -0.3 is 25.5 Å². The summed E-state index contributed by atoms with van der Waals surface area (Å²) in [6, 6.07) is 18.9. The minimum Gasteiger partial charge on any atom is -0.508 e. The van der Waals surface area contributed by atoms with Crippen LogP contribution in [0.2, 0.25) is 0 Å². The molecule has 1 aromatic heterocycles. The fourth-order valence-electron chi connectivity index (χ4n) is 4.73. The molecule has 0 aliphatic heterocycles. The van der Waals surface area contributed by atoms with Gasteiger partial charge in [0.25, 0.3) is 0 Å². The second kappa shape index (κ2) is 12.0. The van der Waals surface area contributed by atoms with E-state index in [1.54, 1.807) is 41.3 Å². The van der Waals surface area contributed by atoms with E-state index in [4.69, 9.17) is 15.5 Å². The van der Waals surface area contributed by atoms with Gasteiger partial charge in [0, 0.05) is 18.3 Å². The van der Waals surface area contributed by atoms with Crippen LogP contribution in [0, 0.1) is 13.8 Å². The summed E-state index contributed by atoms with van der Waals surface area (Å²) in [5, 5.41) is 9.92. The molecule has 0 aliphatic carbocycles. The van der Waals surface area contributed by atoms with Crippen molar-refractivity contribution in [1.82, 2.24) is 14.9 Å². The lowest BCUT2D eigenvalue weighted by atomic mass is 9.95. The van der Waals surface area contributed by atoms with Crippen LogP contribution in [0.3, 0.4) is 0 Å². The average molecular weight is 527 g/mol. The van der Waals surface area contributed by atoms with Gasteiger partial charge in [0.05, 0.1) is 30.5 Å². The maximum Gasteiger partial charge on any atom is 0.337 e. The second-order valence-electron chi connectivity index (χ2n) is 9.74. The zero-order valence-corrected chi connectivity index (χ0v) is 22.6. The van der Waals surface area contributed by atoms with E-state index in [-0.39, 0.29) is 18.2 Å². The normalized spacial score (nSPS) is 12.5. The van der Waals surface area contributed by atoms with Crippen LogP contribution < -0.4 is 5.73 Å². The molecule has 4 rings (SSSR count). The number of aromatic nitrogens is 2. The number of amides is 1. The number of phenols is 1. The molecule has 202 valence electrons. The minimum absolute atomic E-state index is 0.186. The number of aryl methyl sites for hydroxylation is 2. The van der Waals surface area contributed by atoms with Crippen molar-refractivity contribution in [2.45, 2.75) is 45.8 Å². The molecule has 4 aromatic rings. The molecule has 4 N–H and O–H groups in total. The minimum atomic E-state index is -0.813. The largest absolute Gasteiger partial charge is 0.508 e. The Labute approximate surface area is 228 Å². The van der Waals surface area contributed by atoms with E-state index < -0.39 is 18.1 Å². The number of hydrogen-bond donors (Lipinski definition) is 3. The topological polar surface area (TPSA) is 122 Å². The number of nitrogens with one attached hydrogen (secondary N) is 1. The summed E-state index contributed by atoms with van der Waals surface area (Å²) >= 11 is 0. The lowest BCUT2D eigenvalue weighted by molar-refractivity contribution is -0.135. The second-order valence-corrected chi connectivity index (χ2v) is 9.74. The number of methoxy groups -OCH3 is 1. The molecule has 1 amide bonds. The number of carbonyl (C=O) groups excluding carboxylic acids is 2. The smallest absolute Gasteiger partial charge is 0.337 e. The van der Waals surface area contributed by atoms with Crippen LogP contribution in [0.1, 0.15) is 51.4 Å². The predicted molar refractivity (Wildman–Crippen MR) is 150 cm³/mol. The molecule has 2 unspecified atom stereocenters. The number of H-pyrrole nitrogens is 1. The molecule has 0 fully saturated rings. The first kappa shape index (κ1) is 27.6. The fourth-order valence-corrected chi connectivity index (χ4v) is 4.73. The van der Waals surface area contributed by atoms with Crippen LogP contribution in [0.5, 0.6) is 5.75 Å². The van der Waals surface area contributed by atoms with Gasteiger partial charge in [-0.3, -0.25) is 4.79 Å². The first-order valence-electron chi connectivity index (χ1n) is 12.8. The van der Waals surface area contributed by atoms with Gasteiger partial charge in [0.15, 0.2) is 0 Å². The van der Waals surface area contributed by atoms with Crippen LogP contribution in [0.4, 0.5) is 0 Å². The lowest BCUT2D eigenvalue weighted by Crippen LogP contribution is -2.46. The number of rotatable bonds is 9. The zero-order valence-electron chi connectivity index (χ0n) is 22.6. The molecule has 0 saturated carbocycles. The van der Waals surface area contributed by atoms with Gasteiger partial charge in [-0.05, 0) is 73.7 Å². The van der Waals surface area contributed by atoms with E-state index in [0.29, 0.717) is 17.8 Å². The van der Waals surface area contributed by atoms with Crippen molar-refractivity contribution < 1.29 is 19.4 Å². The third-order valence-electron chi connectivity index (χ3n) is 6.96. The van der Waals surface area contributed by atoms with Crippen molar-refractivity contribution in [2.24, 2.45) is 5.73 Å². The summed E-state index contributed by atoms with van der Waals surface area (Å²) in [4.78, 5) is 35.5. The summed E-state index contributed by atoms with van der Waals surface area (Å²) < 4.78 is 4.80. The highest BCUT2D eigenvalue weighted by atomic mass is 16.5. The molecule has 8 nitrogen and oxygen atoms in total. The number of benzene rings is 3. The molecule has 2 atom stereocenters. The number of ether oxygens (including phenoxy) is 1. The molecule has 0 spiro atoms. The van der Waals surface area contributed by atoms with Crippen molar-refractivity contribution in [3.05, 3.63) is 107 Å². The van der Waals surface area contributed by atoms with Crippen LogP contribution in [0.25, 0.3) is 11.3 Å². The van der Waals surface area contributed by atoms with E-state index in [2.05, 4.69) is 4.98 Å². The first-order chi connectivity index (χ1) is 18.7. The average Bonchev–Trinajstić information content (AvgIpc) is 3.44. The van der Waals surface area contributed by atoms with Gasteiger partial charge in [-0.1, -0.05) is 42.5 Å². The number of hydrogen-bond acceptors (Lipinski definition) is 6. The molecule has 1 heterocycles. The molecule has 0 saturated heterocycles.